The Kier molecular flexibility index (Phi) is 2.99. The molecule has 0 spiro atoms. The highest BCUT2D eigenvalue weighted by Crippen LogP contribution is 2.29. The van der Waals surface area contributed by atoms with Crippen molar-refractivity contribution in [1.82, 2.24) is 4.90 Å². The predicted octanol–water partition coefficient (Wildman–Crippen LogP) is 2.79. The molecule has 1 saturated carbocycles. The summed E-state index contributed by atoms with van der Waals surface area (Å²) in [7, 11) is 1.91. The predicted molar refractivity (Wildman–Crippen MR) is 65.6 cm³/mol. The molecule has 2 heteroatoms. The van der Waals surface area contributed by atoms with Crippen LogP contribution in [0.2, 0.25) is 0 Å². The number of rotatable bonds is 3. The number of amides is 1. The molecule has 0 saturated heterocycles. The molecule has 1 aromatic carbocycles. The molecule has 1 aliphatic rings. The second kappa shape index (κ2) is 4.28. The number of carbonyl (C=O) groups excluding carboxylic acids is 1. The average Bonchev–Trinajstić information content (AvgIpc) is 3.04. The van der Waals surface area contributed by atoms with Crippen LogP contribution in [-0.2, 0) is 0 Å². The van der Waals surface area contributed by atoms with Gasteiger partial charge >= 0.3 is 0 Å². The lowest BCUT2D eigenvalue weighted by molar-refractivity contribution is 0.0788. The Morgan fingerprint density at radius 3 is 2.69 bits per heavy atom. The normalized spacial score (nSPS) is 14.9. The molecule has 0 radical (unpaired) electrons. The van der Waals surface area contributed by atoms with Crippen LogP contribution in [0.4, 0.5) is 0 Å². The molecule has 1 amide bonds. The molecule has 2 nitrogen and oxygen atoms in total. The topological polar surface area (TPSA) is 20.3 Å². The van der Waals surface area contributed by atoms with E-state index in [1.165, 1.54) is 12.8 Å². The van der Waals surface area contributed by atoms with E-state index < -0.39 is 0 Å². The van der Waals surface area contributed by atoms with E-state index >= 15 is 0 Å². The highest BCUT2D eigenvalue weighted by atomic mass is 16.2. The zero-order valence-electron chi connectivity index (χ0n) is 10.3. The molecule has 0 aromatic heterocycles. The number of hydrogen-bond donors (Lipinski definition) is 0. The summed E-state index contributed by atoms with van der Waals surface area (Å²) < 4.78 is 0. The van der Waals surface area contributed by atoms with Crippen molar-refractivity contribution in [1.29, 1.82) is 0 Å². The van der Waals surface area contributed by atoms with Gasteiger partial charge in [0.2, 0.25) is 0 Å². The maximum Gasteiger partial charge on any atom is 0.253 e. The van der Waals surface area contributed by atoms with Crippen molar-refractivity contribution in [2.24, 2.45) is 5.92 Å². The molecule has 1 fully saturated rings. The molecule has 0 unspecified atom stereocenters. The van der Waals surface area contributed by atoms with Crippen LogP contribution in [0.1, 0.15) is 34.3 Å². The van der Waals surface area contributed by atoms with Gasteiger partial charge in [-0.25, -0.2) is 0 Å². The highest BCUT2D eigenvalue weighted by Gasteiger charge is 2.25. The van der Waals surface area contributed by atoms with Gasteiger partial charge in [0.1, 0.15) is 0 Å². The highest BCUT2D eigenvalue weighted by molar-refractivity contribution is 5.95. The lowest BCUT2D eigenvalue weighted by Crippen LogP contribution is -2.29. The molecule has 0 aliphatic heterocycles. The minimum Gasteiger partial charge on any atom is -0.341 e. The van der Waals surface area contributed by atoms with Crippen LogP contribution >= 0.6 is 0 Å². The maximum atomic E-state index is 12.2. The van der Waals surface area contributed by atoms with Crippen molar-refractivity contribution in [2.75, 3.05) is 13.6 Å². The van der Waals surface area contributed by atoms with Crippen molar-refractivity contribution in [3.63, 3.8) is 0 Å². The lowest BCUT2D eigenvalue weighted by Gasteiger charge is -2.18. The zero-order valence-corrected chi connectivity index (χ0v) is 10.3. The summed E-state index contributed by atoms with van der Waals surface area (Å²) >= 11 is 0. The third-order valence-corrected chi connectivity index (χ3v) is 3.20. The number of hydrogen-bond acceptors (Lipinski definition) is 1. The SMILES string of the molecule is Cc1ccc(C)c(C(=O)N(C)CC2CC2)c1. The van der Waals surface area contributed by atoms with Gasteiger partial charge in [-0.05, 0) is 44.2 Å². The third-order valence-electron chi connectivity index (χ3n) is 3.20. The minimum absolute atomic E-state index is 0.160. The van der Waals surface area contributed by atoms with E-state index in [-0.39, 0.29) is 5.91 Å². The first-order valence-corrected chi connectivity index (χ1v) is 5.90. The van der Waals surface area contributed by atoms with Crippen LogP contribution in [0, 0.1) is 19.8 Å². The molecular weight excluding hydrogens is 198 g/mol. The van der Waals surface area contributed by atoms with Crippen molar-refractivity contribution < 1.29 is 4.79 Å². The zero-order chi connectivity index (χ0) is 11.7. The summed E-state index contributed by atoms with van der Waals surface area (Å²) in [6, 6.07) is 6.06. The van der Waals surface area contributed by atoms with E-state index in [1.54, 1.807) is 0 Å². The Morgan fingerprint density at radius 1 is 1.38 bits per heavy atom. The van der Waals surface area contributed by atoms with E-state index in [4.69, 9.17) is 0 Å². The fourth-order valence-electron chi connectivity index (χ4n) is 1.94. The van der Waals surface area contributed by atoms with Gasteiger partial charge in [-0.15, -0.1) is 0 Å². The quantitative estimate of drug-likeness (QED) is 0.762. The van der Waals surface area contributed by atoms with E-state index in [9.17, 15) is 4.79 Å². The first kappa shape index (κ1) is 11.2. The van der Waals surface area contributed by atoms with Crippen LogP contribution in [-0.4, -0.2) is 24.4 Å². The Morgan fingerprint density at radius 2 is 2.06 bits per heavy atom. The molecule has 0 bridgehead atoms. The largest absolute Gasteiger partial charge is 0.341 e. The van der Waals surface area contributed by atoms with Gasteiger partial charge < -0.3 is 4.90 Å². The van der Waals surface area contributed by atoms with Gasteiger partial charge in [0, 0.05) is 19.2 Å². The van der Waals surface area contributed by atoms with Crippen LogP contribution < -0.4 is 0 Å². The third kappa shape index (κ3) is 2.43. The molecule has 0 heterocycles. The van der Waals surface area contributed by atoms with Crippen molar-refractivity contribution >= 4 is 5.91 Å². The van der Waals surface area contributed by atoms with Crippen molar-refractivity contribution in [3.05, 3.63) is 34.9 Å². The summed E-state index contributed by atoms with van der Waals surface area (Å²) in [4.78, 5) is 14.1. The van der Waals surface area contributed by atoms with E-state index in [0.29, 0.717) is 0 Å². The molecule has 16 heavy (non-hydrogen) atoms. The second-order valence-corrected chi connectivity index (χ2v) is 4.95. The number of benzene rings is 1. The molecule has 86 valence electrons. The molecule has 2 rings (SSSR count). The Hall–Kier alpha value is -1.31. The standard InChI is InChI=1S/C14H19NO/c1-10-4-5-11(2)13(8-10)14(16)15(3)9-12-6-7-12/h4-5,8,12H,6-7,9H2,1-3H3. The minimum atomic E-state index is 0.160. The molecule has 0 N–H and O–H groups in total. The van der Waals surface area contributed by atoms with Crippen LogP contribution in [0.3, 0.4) is 0 Å². The molecule has 1 aliphatic carbocycles. The summed E-state index contributed by atoms with van der Waals surface area (Å²) in [5.74, 6) is 0.909. The molecule has 1 aromatic rings. The Labute approximate surface area is 97.3 Å². The van der Waals surface area contributed by atoms with Gasteiger partial charge in [-0.3, -0.25) is 4.79 Å². The fraction of sp³-hybridized carbons (Fsp3) is 0.500. The van der Waals surface area contributed by atoms with Crippen molar-refractivity contribution in [3.8, 4) is 0 Å². The average molecular weight is 217 g/mol. The Balaban J connectivity index is 2.14. The molecular formula is C14H19NO. The smallest absolute Gasteiger partial charge is 0.253 e. The summed E-state index contributed by atoms with van der Waals surface area (Å²) in [5.41, 5.74) is 3.06. The maximum absolute atomic E-state index is 12.2. The van der Waals surface area contributed by atoms with Gasteiger partial charge in [-0.1, -0.05) is 17.7 Å². The summed E-state index contributed by atoms with van der Waals surface area (Å²) in [6.07, 6.45) is 2.56. The van der Waals surface area contributed by atoms with Gasteiger partial charge in [0.05, 0.1) is 0 Å². The van der Waals surface area contributed by atoms with Gasteiger partial charge in [-0.2, -0.15) is 0 Å². The summed E-state index contributed by atoms with van der Waals surface area (Å²) in [5, 5.41) is 0. The monoisotopic (exact) mass is 217 g/mol. The van der Waals surface area contributed by atoms with Crippen LogP contribution in [0.15, 0.2) is 18.2 Å². The first-order chi connectivity index (χ1) is 7.58. The van der Waals surface area contributed by atoms with Gasteiger partial charge in [0.25, 0.3) is 5.91 Å². The second-order valence-electron chi connectivity index (χ2n) is 4.95. The van der Waals surface area contributed by atoms with Crippen LogP contribution in [0.5, 0.6) is 0 Å². The number of carbonyl (C=O) groups is 1. The molecule has 0 atom stereocenters. The Bertz CT molecular complexity index is 407. The number of aryl methyl sites for hydroxylation is 2. The van der Waals surface area contributed by atoms with E-state index in [2.05, 4.69) is 0 Å². The van der Waals surface area contributed by atoms with Crippen LogP contribution in [0.25, 0.3) is 0 Å². The van der Waals surface area contributed by atoms with Gasteiger partial charge in [0.15, 0.2) is 0 Å². The van der Waals surface area contributed by atoms with Crippen molar-refractivity contribution in [2.45, 2.75) is 26.7 Å². The van der Waals surface area contributed by atoms with E-state index in [0.717, 1.165) is 29.2 Å². The van der Waals surface area contributed by atoms with E-state index in [1.807, 2.05) is 44.0 Å². The lowest BCUT2D eigenvalue weighted by atomic mass is 10.0. The summed E-state index contributed by atoms with van der Waals surface area (Å²) in [6.45, 7) is 4.93. The number of nitrogens with zero attached hydrogens (tertiary/aromatic N) is 1. The first-order valence-electron chi connectivity index (χ1n) is 5.90. The fourth-order valence-corrected chi connectivity index (χ4v) is 1.94.